The molecule has 3 heteroatoms. The lowest BCUT2D eigenvalue weighted by Gasteiger charge is -2.03. The van der Waals surface area contributed by atoms with Crippen molar-refractivity contribution in [3.05, 3.63) is 0 Å². The molecule has 0 rings (SSSR count). The van der Waals surface area contributed by atoms with E-state index >= 15 is 0 Å². The highest BCUT2D eigenvalue weighted by Crippen LogP contribution is 2.13. The van der Waals surface area contributed by atoms with Gasteiger partial charge in [-0.3, -0.25) is 9.59 Å². The van der Waals surface area contributed by atoms with E-state index in [9.17, 15) is 9.59 Å². The zero-order valence-corrected chi connectivity index (χ0v) is 16.7. The summed E-state index contributed by atoms with van der Waals surface area (Å²) in [4.78, 5) is 22.2. The van der Waals surface area contributed by atoms with Crippen LogP contribution in [0.3, 0.4) is 0 Å². The maximum absolute atomic E-state index is 11.8. The van der Waals surface area contributed by atoms with Gasteiger partial charge in [0.05, 0.1) is 0 Å². The molecule has 25 heavy (non-hydrogen) atoms. The molecular weight excluding hydrogens is 312 g/mol. The van der Waals surface area contributed by atoms with Gasteiger partial charge in [0.25, 0.3) is 0 Å². The average Bonchev–Trinajstić information content (AvgIpc) is 2.58. The number of hydrogen-bond donors (Lipinski definition) is 1. The Kier molecular flexibility index (Phi) is 18.8. The molecule has 0 saturated heterocycles. The number of carbonyl (C=O) groups excluding carboxylic acids is 1. The summed E-state index contributed by atoms with van der Waals surface area (Å²) in [7, 11) is 0. The summed E-state index contributed by atoms with van der Waals surface area (Å²) in [6, 6.07) is 0. The van der Waals surface area contributed by atoms with Crippen LogP contribution in [0.2, 0.25) is 0 Å². The van der Waals surface area contributed by atoms with Crippen LogP contribution in [0, 0.1) is 0 Å². The minimum atomic E-state index is -0.706. The van der Waals surface area contributed by atoms with Gasteiger partial charge in [0.2, 0.25) is 0 Å². The third kappa shape index (κ3) is 21.1. The van der Waals surface area contributed by atoms with Crippen LogP contribution < -0.4 is 0 Å². The molecule has 0 aromatic rings. The van der Waals surface area contributed by atoms with Gasteiger partial charge in [0, 0.05) is 19.3 Å². The molecule has 0 aromatic heterocycles. The predicted octanol–water partition coefficient (Wildman–Crippen LogP) is 7.07. The highest BCUT2D eigenvalue weighted by molar-refractivity contribution is 5.78. The molecule has 0 heterocycles. The van der Waals surface area contributed by atoms with Crippen LogP contribution in [0.25, 0.3) is 0 Å². The van der Waals surface area contributed by atoms with Gasteiger partial charge in [-0.15, -0.1) is 0 Å². The standard InChI is InChI=1S/C22H42O3/c1-2-3-4-5-6-7-8-9-10-12-15-18-21(23)19-16-13-11-14-17-20-22(24)25/h2-20H2,1H3,(H,24,25). The third-order valence-corrected chi connectivity index (χ3v) is 4.91. The summed E-state index contributed by atoms with van der Waals surface area (Å²) in [5, 5.41) is 8.55. The van der Waals surface area contributed by atoms with Crippen molar-refractivity contribution in [2.75, 3.05) is 0 Å². The van der Waals surface area contributed by atoms with Crippen LogP contribution in [0.15, 0.2) is 0 Å². The fraction of sp³-hybridized carbons (Fsp3) is 0.909. The first-order chi connectivity index (χ1) is 12.2. The van der Waals surface area contributed by atoms with Gasteiger partial charge in [0.15, 0.2) is 0 Å². The number of aliphatic carboxylic acids is 1. The Hall–Kier alpha value is -0.860. The van der Waals surface area contributed by atoms with E-state index in [1.807, 2.05) is 0 Å². The van der Waals surface area contributed by atoms with Crippen molar-refractivity contribution in [2.45, 2.75) is 129 Å². The second kappa shape index (κ2) is 19.5. The Labute approximate surface area is 156 Å². The summed E-state index contributed by atoms with van der Waals surface area (Å²) in [5.74, 6) is -0.288. The van der Waals surface area contributed by atoms with Crippen LogP contribution in [0.1, 0.15) is 129 Å². The van der Waals surface area contributed by atoms with Crippen molar-refractivity contribution < 1.29 is 14.7 Å². The fourth-order valence-electron chi connectivity index (χ4n) is 3.24. The number of unbranched alkanes of at least 4 members (excludes halogenated alkanes) is 14. The number of hydrogen-bond acceptors (Lipinski definition) is 2. The quantitative estimate of drug-likeness (QED) is 0.238. The van der Waals surface area contributed by atoms with Crippen molar-refractivity contribution >= 4 is 11.8 Å². The van der Waals surface area contributed by atoms with Crippen molar-refractivity contribution in [3.8, 4) is 0 Å². The van der Waals surface area contributed by atoms with Crippen LogP contribution in [0.4, 0.5) is 0 Å². The van der Waals surface area contributed by atoms with E-state index < -0.39 is 5.97 Å². The van der Waals surface area contributed by atoms with Gasteiger partial charge in [-0.1, -0.05) is 90.4 Å². The molecule has 0 aromatic carbocycles. The largest absolute Gasteiger partial charge is 0.481 e. The average molecular weight is 355 g/mol. The van der Waals surface area contributed by atoms with Crippen LogP contribution in [-0.2, 0) is 9.59 Å². The molecule has 0 radical (unpaired) electrons. The fourth-order valence-corrected chi connectivity index (χ4v) is 3.24. The Balaban J connectivity index is 3.16. The number of Topliss-reactive ketones (excluding diaryl/α,β-unsaturated/α-hetero) is 1. The number of rotatable bonds is 20. The molecule has 0 spiro atoms. The first kappa shape index (κ1) is 24.1. The van der Waals surface area contributed by atoms with E-state index in [4.69, 9.17) is 5.11 Å². The molecule has 0 unspecified atom stereocenters. The molecule has 0 atom stereocenters. The number of ketones is 1. The lowest BCUT2D eigenvalue weighted by Crippen LogP contribution is -1.98. The van der Waals surface area contributed by atoms with Crippen molar-refractivity contribution in [2.24, 2.45) is 0 Å². The molecule has 0 saturated carbocycles. The molecular formula is C22H42O3. The number of carbonyl (C=O) groups is 2. The topological polar surface area (TPSA) is 54.4 Å². The number of carboxylic acids is 1. The predicted molar refractivity (Wildman–Crippen MR) is 106 cm³/mol. The second-order valence-corrected chi connectivity index (χ2v) is 7.49. The summed E-state index contributed by atoms with van der Waals surface area (Å²) in [6.45, 7) is 2.26. The Morgan fingerprint density at radius 3 is 1.20 bits per heavy atom. The minimum absolute atomic E-state index is 0.276. The number of carboxylic acid groups (broad SMARTS) is 1. The molecule has 0 amide bonds. The molecule has 0 aliphatic carbocycles. The molecule has 0 aliphatic heterocycles. The summed E-state index contributed by atoms with van der Waals surface area (Å²) in [5.41, 5.74) is 0. The van der Waals surface area contributed by atoms with Crippen molar-refractivity contribution in [1.82, 2.24) is 0 Å². The highest BCUT2D eigenvalue weighted by atomic mass is 16.4. The minimum Gasteiger partial charge on any atom is -0.481 e. The van der Waals surface area contributed by atoms with E-state index in [2.05, 4.69) is 6.92 Å². The normalized spacial score (nSPS) is 10.9. The maximum Gasteiger partial charge on any atom is 0.303 e. The molecule has 3 nitrogen and oxygen atoms in total. The Bertz CT molecular complexity index is 312. The summed E-state index contributed by atoms with van der Waals surface area (Å²) in [6.07, 6.45) is 21.1. The Morgan fingerprint density at radius 2 is 0.840 bits per heavy atom. The smallest absolute Gasteiger partial charge is 0.303 e. The molecule has 148 valence electrons. The van der Waals surface area contributed by atoms with E-state index in [0.29, 0.717) is 5.78 Å². The van der Waals surface area contributed by atoms with Crippen LogP contribution in [-0.4, -0.2) is 16.9 Å². The molecule has 0 aliphatic rings. The molecule has 0 fully saturated rings. The lowest BCUT2D eigenvalue weighted by atomic mass is 10.0. The molecule has 0 bridgehead atoms. The van der Waals surface area contributed by atoms with E-state index in [-0.39, 0.29) is 6.42 Å². The first-order valence-corrected chi connectivity index (χ1v) is 10.9. The van der Waals surface area contributed by atoms with E-state index in [1.165, 1.54) is 64.2 Å². The maximum atomic E-state index is 11.8. The van der Waals surface area contributed by atoms with Gasteiger partial charge in [-0.25, -0.2) is 0 Å². The Morgan fingerprint density at radius 1 is 0.520 bits per heavy atom. The van der Waals surface area contributed by atoms with Gasteiger partial charge < -0.3 is 5.11 Å². The highest BCUT2D eigenvalue weighted by Gasteiger charge is 2.02. The SMILES string of the molecule is CCCCCCCCCCCCCC(=O)CCCCCCCC(=O)O. The van der Waals surface area contributed by atoms with Gasteiger partial charge in [-0.05, 0) is 19.3 Å². The summed E-state index contributed by atoms with van der Waals surface area (Å²) < 4.78 is 0. The van der Waals surface area contributed by atoms with Gasteiger partial charge in [0.1, 0.15) is 5.78 Å². The third-order valence-electron chi connectivity index (χ3n) is 4.91. The lowest BCUT2D eigenvalue weighted by molar-refractivity contribution is -0.137. The van der Waals surface area contributed by atoms with Crippen molar-refractivity contribution in [3.63, 3.8) is 0 Å². The van der Waals surface area contributed by atoms with E-state index in [1.54, 1.807) is 0 Å². The van der Waals surface area contributed by atoms with Crippen molar-refractivity contribution in [1.29, 1.82) is 0 Å². The second-order valence-electron chi connectivity index (χ2n) is 7.49. The monoisotopic (exact) mass is 354 g/mol. The zero-order valence-electron chi connectivity index (χ0n) is 16.7. The zero-order chi connectivity index (χ0) is 18.6. The van der Waals surface area contributed by atoms with Crippen LogP contribution in [0.5, 0.6) is 0 Å². The van der Waals surface area contributed by atoms with Gasteiger partial charge >= 0.3 is 5.97 Å². The first-order valence-electron chi connectivity index (χ1n) is 10.9. The van der Waals surface area contributed by atoms with Gasteiger partial charge in [-0.2, -0.15) is 0 Å². The van der Waals surface area contributed by atoms with Crippen LogP contribution >= 0.6 is 0 Å². The van der Waals surface area contributed by atoms with E-state index in [0.717, 1.165) is 51.4 Å². The summed E-state index contributed by atoms with van der Waals surface area (Å²) >= 11 is 0. The molecule has 1 N–H and O–H groups in total.